The third-order valence-corrected chi connectivity index (χ3v) is 5.94. The van der Waals surface area contributed by atoms with E-state index in [2.05, 4.69) is 24.3 Å². The number of anilines is 1. The second-order valence-corrected chi connectivity index (χ2v) is 7.68. The molecule has 0 radical (unpaired) electrons. The third-order valence-electron chi connectivity index (χ3n) is 5.94. The number of methoxy groups -OCH3 is 1. The number of hydrogen-bond donors (Lipinski definition) is 0. The van der Waals surface area contributed by atoms with Gasteiger partial charge in [0.15, 0.2) is 0 Å². The summed E-state index contributed by atoms with van der Waals surface area (Å²) in [5.74, 6) is -0.650. The Morgan fingerprint density at radius 1 is 1.00 bits per heavy atom. The Balaban J connectivity index is 1.58. The number of rotatable bonds is 5. The summed E-state index contributed by atoms with van der Waals surface area (Å²) < 4.78 is 10.5. The van der Waals surface area contributed by atoms with Gasteiger partial charge >= 0.3 is 12.1 Å². The van der Waals surface area contributed by atoms with Crippen LogP contribution in [0.5, 0.6) is 0 Å². The van der Waals surface area contributed by atoms with E-state index in [0.717, 1.165) is 22.3 Å². The van der Waals surface area contributed by atoms with Crippen LogP contribution < -0.4 is 4.90 Å². The molecule has 0 N–H and O–H groups in total. The number of carbonyl (C=O) groups is 3. The predicted molar refractivity (Wildman–Crippen MR) is 121 cm³/mol. The van der Waals surface area contributed by atoms with Crippen LogP contribution in [0.25, 0.3) is 11.1 Å². The largest absolute Gasteiger partial charge is 0.465 e. The van der Waals surface area contributed by atoms with Gasteiger partial charge in [-0.2, -0.15) is 0 Å². The van der Waals surface area contributed by atoms with E-state index < -0.39 is 12.1 Å². The molecule has 3 aromatic rings. The zero-order chi connectivity index (χ0) is 22.8. The maximum absolute atomic E-state index is 12.9. The van der Waals surface area contributed by atoms with Crippen LogP contribution in [0, 0.1) is 6.92 Å². The second-order valence-electron chi connectivity index (χ2n) is 7.68. The first-order chi connectivity index (χ1) is 15.5. The van der Waals surface area contributed by atoms with Gasteiger partial charge in [-0.1, -0.05) is 48.5 Å². The molecule has 4 rings (SSSR count). The molecule has 1 aliphatic rings. The minimum atomic E-state index is -0.588. The van der Waals surface area contributed by atoms with Crippen molar-refractivity contribution in [3.63, 3.8) is 0 Å². The van der Waals surface area contributed by atoms with Gasteiger partial charge in [-0.15, -0.1) is 0 Å². The lowest BCUT2D eigenvalue weighted by Crippen LogP contribution is -2.29. The van der Waals surface area contributed by atoms with Crippen LogP contribution >= 0.6 is 0 Å². The molecule has 1 aliphatic carbocycles. The SMILES string of the molecule is COC(=O)c1cc(C=O)c(C)c(N(C)C(=O)OCC2c3ccccc3-c3ccccc32)c1. The summed E-state index contributed by atoms with van der Waals surface area (Å²) in [6.07, 6.45) is 0.0745. The Morgan fingerprint density at radius 3 is 2.16 bits per heavy atom. The smallest absolute Gasteiger partial charge is 0.414 e. The standard InChI is InChI=1S/C26H23NO5/c1-16-18(14-28)12-17(25(29)31-3)13-24(16)27(2)26(30)32-15-23-21-10-6-4-8-19(21)20-9-5-7-11-22(20)23/h4-14,23H,15H2,1-3H3. The summed E-state index contributed by atoms with van der Waals surface area (Å²) in [4.78, 5) is 37.7. The lowest BCUT2D eigenvalue weighted by Gasteiger charge is -2.22. The molecule has 0 spiro atoms. The van der Waals surface area contributed by atoms with E-state index in [1.165, 1.54) is 24.1 Å². The fourth-order valence-electron chi connectivity index (χ4n) is 4.22. The number of esters is 1. The van der Waals surface area contributed by atoms with Gasteiger partial charge in [-0.05, 0) is 46.9 Å². The fraction of sp³-hybridized carbons (Fsp3) is 0.192. The van der Waals surface area contributed by atoms with E-state index in [9.17, 15) is 14.4 Å². The predicted octanol–water partition coefficient (Wildman–Crippen LogP) is 4.98. The second kappa shape index (κ2) is 8.67. The minimum Gasteiger partial charge on any atom is -0.465 e. The molecule has 6 nitrogen and oxygen atoms in total. The van der Waals surface area contributed by atoms with Crippen molar-refractivity contribution in [1.29, 1.82) is 0 Å². The number of carbonyl (C=O) groups excluding carboxylic acids is 3. The number of amides is 1. The van der Waals surface area contributed by atoms with Crippen LogP contribution in [0.4, 0.5) is 10.5 Å². The highest BCUT2D eigenvalue weighted by atomic mass is 16.6. The van der Waals surface area contributed by atoms with Crippen LogP contribution in [0.1, 0.15) is 43.3 Å². The van der Waals surface area contributed by atoms with E-state index >= 15 is 0 Å². The topological polar surface area (TPSA) is 72.9 Å². The average molecular weight is 429 g/mol. The zero-order valence-electron chi connectivity index (χ0n) is 18.1. The van der Waals surface area contributed by atoms with Gasteiger partial charge in [0.25, 0.3) is 0 Å². The van der Waals surface area contributed by atoms with E-state index in [1.807, 2.05) is 24.3 Å². The highest BCUT2D eigenvalue weighted by Gasteiger charge is 2.30. The summed E-state index contributed by atoms with van der Waals surface area (Å²) in [6, 6.07) is 19.2. The van der Waals surface area contributed by atoms with Gasteiger partial charge in [0.2, 0.25) is 0 Å². The Bertz CT molecular complexity index is 1170. The molecule has 0 unspecified atom stereocenters. The lowest BCUT2D eigenvalue weighted by atomic mass is 9.98. The first-order valence-electron chi connectivity index (χ1n) is 10.2. The highest BCUT2D eigenvalue weighted by molar-refractivity contribution is 5.97. The Morgan fingerprint density at radius 2 is 1.59 bits per heavy atom. The molecule has 1 amide bonds. The number of ether oxygens (including phenoxy) is 2. The summed E-state index contributed by atoms with van der Waals surface area (Å²) in [5, 5.41) is 0. The molecule has 0 aromatic heterocycles. The number of hydrogen-bond acceptors (Lipinski definition) is 5. The third kappa shape index (κ3) is 3.64. The monoisotopic (exact) mass is 429 g/mol. The molecule has 0 heterocycles. The number of nitrogens with zero attached hydrogens (tertiary/aromatic N) is 1. The number of fused-ring (bicyclic) bond motifs is 3. The molecule has 162 valence electrons. The van der Waals surface area contributed by atoms with E-state index in [1.54, 1.807) is 14.0 Å². The molecule has 32 heavy (non-hydrogen) atoms. The van der Waals surface area contributed by atoms with Crippen molar-refractivity contribution < 1.29 is 23.9 Å². The molecule has 0 bridgehead atoms. The molecule has 0 atom stereocenters. The Kier molecular flexibility index (Phi) is 5.77. The summed E-state index contributed by atoms with van der Waals surface area (Å²) in [6.45, 7) is 1.89. The first-order valence-corrected chi connectivity index (χ1v) is 10.2. The maximum atomic E-state index is 12.9. The van der Waals surface area contributed by atoms with Crippen molar-refractivity contribution in [3.05, 3.63) is 88.5 Å². The minimum absolute atomic E-state index is 0.0622. The summed E-state index contributed by atoms with van der Waals surface area (Å²) in [5.41, 5.74) is 6.02. The van der Waals surface area contributed by atoms with E-state index in [4.69, 9.17) is 9.47 Å². The molecular formula is C26H23NO5. The average Bonchev–Trinajstić information content (AvgIpc) is 3.15. The summed E-state index contributed by atoms with van der Waals surface area (Å²) >= 11 is 0. The van der Waals surface area contributed by atoms with Crippen molar-refractivity contribution in [2.45, 2.75) is 12.8 Å². The fourth-order valence-corrected chi connectivity index (χ4v) is 4.22. The quantitative estimate of drug-likeness (QED) is 0.423. The van der Waals surface area contributed by atoms with Crippen molar-refractivity contribution in [2.24, 2.45) is 0 Å². The van der Waals surface area contributed by atoms with Crippen LogP contribution in [0.3, 0.4) is 0 Å². The molecule has 0 saturated heterocycles. The van der Waals surface area contributed by atoms with Crippen molar-refractivity contribution in [3.8, 4) is 11.1 Å². The van der Waals surface area contributed by atoms with Gasteiger partial charge in [-0.25, -0.2) is 9.59 Å². The lowest BCUT2D eigenvalue weighted by molar-refractivity contribution is 0.0600. The highest BCUT2D eigenvalue weighted by Crippen LogP contribution is 2.44. The van der Waals surface area contributed by atoms with E-state index in [-0.39, 0.29) is 18.1 Å². The molecule has 3 aromatic carbocycles. The Labute approximate surface area is 186 Å². The molecule has 0 aliphatic heterocycles. The molecular weight excluding hydrogens is 406 g/mol. The van der Waals surface area contributed by atoms with Gasteiger partial charge < -0.3 is 9.47 Å². The first kappa shape index (κ1) is 21.3. The van der Waals surface area contributed by atoms with Gasteiger partial charge in [0.1, 0.15) is 12.9 Å². The van der Waals surface area contributed by atoms with Crippen LogP contribution in [0.15, 0.2) is 60.7 Å². The number of aldehydes is 1. The van der Waals surface area contributed by atoms with Gasteiger partial charge in [-0.3, -0.25) is 9.69 Å². The normalized spacial score (nSPS) is 12.0. The molecule has 6 heteroatoms. The summed E-state index contributed by atoms with van der Waals surface area (Å²) in [7, 11) is 2.81. The maximum Gasteiger partial charge on any atom is 0.414 e. The Hall–Kier alpha value is -3.93. The molecule has 0 saturated carbocycles. The van der Waals surface area contributed by atoms with Crippen molar-refractivity contribution in [2.75, 3.05) is 25.7 Å². The van der Waals surface area contributed by atoms with Crippen molar-refractivity contribution >= 4 is 24.0 Å². The molecule has 0 fully saturated rings. The van der Waals surface area contributed by atoms with Crippen LogP contribution in [0.2, 0.25) is 0 Å². The number of benzene rings is 3. The van der Waals surface area contributed by atoms with Gasteiger partial charge in [0, 0.05) is 18.5 Å². The van der Waals surface area contributed by atoms with Crippen LogP contribution in [-0.4, -0.2) is 39.1 Å². The van der Waals surface area contributed by atoms with Crippen LogP contribution in [-0.2, 0) is 9.47 Å². The van der Waals surface area contributed by atoms with E-state index in [0.29, 0.717) is 23.1 Å². The zero-order valence-corrected chi connectivity index (χ0v) is 18.1. The van der Waals surface area contributed by atoms with Crippen molar-refractivity contribution in [1.82, 2.24) is 0 Å². The van der Waals surface area contributed by atoms with Gasteiger partial charge in [0.05, 0.1) is 18.4 Å².